The highest BCUT2D eigenvalue weighted by Gasteiger charge is 2.33. The van der Waals surface area contributed by atoms with Gasteiger partial charge in [-0.15, -0.1) is 0 Å². The highest BCUT2D eigenvalue weighted by molar-refractivity contribution is 7.71. The Morgan fingerprint density at radius 1 is 1.19 bits per heavy atom. The number of ether oxygens (including phenoxy) is 1. The predicted octanol–water partition coefficient (Wildman–Crippen LogP) is 5.32. The molecule has 0 saturated carbocycles. The van der Waals surface area contributed by atoms with Crippen molar-refractivity contribution in [1.29, 1.82) is 0 Å². The lowest BCUT2D eigenvalue weighted by Gasteiger charge is -2.39. The van der Waals surface area contributed by atoms with E-state index in [1.165, 1.54) is 12.1 Å². The average Bonchev–Trinajstić information content (AvgIpc) is 2.72. The minimum absolute atomic E-state index is 0.209. The Hall–Kier alpha value is -2.74. The number of carbonyl (C=O) groups is 2. The third-order valence-electron chi connectivity index (χ3n) is 5.06. The Kier molecular flexibility index (Phi) is 7.10. The number of piperidine rings is 1. The van der Waals surface area contributed by atoms with Crippen LogP contribution in [0.4, 0.5) is 14.9 Å². The Labute approximate surface area is 187 Å². The zero-order valence-electron chi connectivity index (χ0n) is 18.1. The van der Waals surface area contributed by atoms with Crippen LogP contribution in [0.1, 0.15) is 50.4 Å². The van der Waals surface area contributed by atoms with E-state index in [-0.39, 0.29) is 30.4 Å². The first-order valence-corrected chi connectivity index (χ1v) is 10.8. The van der Waals surface area contributed by atoms with E-state index in [0.29, 0.717) is 22.4 Å². The number of anilines is 1. The molecule has 1 aliphatic heterocycles. The van der Waals surface area contributed by atoms with Gasteiger partial charge in [-0.3, -0.25) is 4.79 Å². The summed E-state index contributed by atoms with van der Waals surface area (Å²) in [5, 5.41) is 0. The Bertz CT molecular complexity index is 964. The van der Waals surface area contributed by atoms with Crippen molar-refractivity contribution in [3.63, 3.8) is 0 Å². The molecule has 0 bridgehead atoms. The number of amides is 2. The zero-order chi connectivity index (χ0) is 22.6. The van der Waals surface area contributed by atoms with Gasteiger partial charge >= 0.3 is 6.09 Å². The molecule has 0 spiro atoms. The maximum Gasteiger partial charge on any atom is 0.410 e. The Morgan fingerprint density at radius 2 is 1.90 bits per heavy atom. The largest absolute Gasteiger partial charge is 0.444 e. The molecule has 1 aliphatic rings. The topological polar surface area (TPSA) is 65.6 Å². The molecular formula is C23H28FN3O3S. The number of aromatic nitrogens is 1. The van der Waals surface area contributed by atoms with E-state index >= 15 is 0 Å². The number of carbonyl (C=O) groups excluding carboxylic acids is 2. The minimum Gasteiger partial charge on any atom is -0.444 e. The first kappa shape index (κ1) is 22.9. The number of aromatic amines is 1. The van der Waals surface area contributed by atoms with Crippen LogP contribution in [0.3, 0.4) is 0 Å². The van der Waals surface area contributed by atoms with E-state index in [0.717, 1.165) is 19.3 Å². The third-order valence-corrected chi connectivity index (χ3v) is 5.32. The van der Waals surface area contributed by atoms with Gasteiger partial charge in [-0.1, -0.05) is 12.2 Å². The lowest BCUT2D eigenvalue weighted by atomic mass is 10.0. The molecule has 166 valence electrons. The maximum atomic E-state index is 13.5. The summed E-state index contributed by atoms with van der Waals surface area (Å²) in [6.07, 6.45) is 3.77. The molecule has 31 heavy (non-hydrogen) atoms. The minimum atomic E-state index is -0.604. The summed E-state index contributed by atoms with van der Waals surface area (Å²) in [5.74, 6) is -0.638. The molecule has 6 nitrogen and oxygen atoms in total. The second-order valence-electron chi connectivity index (χ2n) is 8.66. The molecule has 2 heterocycles. The fourth-order valence-electron chi connectivity index (χ4n) is 3.59. The van der Waals surface area contributed by atoms with Crippen LogP contribution in [-0.4, -0.2) is 46.6 Å². The smallest absolute Gasteiger partial charge is 0.410 e. The second kappa shape index (κ2) is 9.60. The summed E-state index contributed by atoms with van der Waals surface area (Å²) in [6.45, 7) is 6.34. The Morgan fingerprint density at radius 3 is 2.52 bits per heavy atom. The van der Waals surface area contributed by atoms with Crippen molar-refractivity contribution in [2.45, 2.75) is 51.7 Å². The van der Waals surface area contributed by atoms with Gasteiger partial charge in [0.1, 0.15) is 16.1 Å². The maximum absolute atomic E-state index is 13.5. The predicted molar refractivity (Wildman–Crippen MR) is 120 cm³/mol. The van der Waals surface area contributed by atoms with Gasteiger partial charge in [-0.25, -0.2) is 9.18 Å². The van der Waals surface area contributed by atoms with Crippen LogP contribution in [0.5, 0.6) is 0 Å². The van der Waals surface area contributed by atoms with Gasteiger partial charge in [-0.2, -0.15) is 0 Å². The molecule has 2 aromatic rings. The highest BCUT2D eigenvalue weighted by atomic mass is 32.1. The fourth-order valence-corrected chi connectivity index (χ4v) is 3.72. The fraction of sp³-hybridized carbons (Fsp3) is 0.435. The summed E-state index contributed by atoms with van der Waals surface area (Å²) in [6, 6.07) is 8.88. The Balaban J connectivity index is 1.90. The number of halogens is 1. The van der Waals surface area contributed by atoms with Crippen LogP contribution >= 0.6 is 12.2 Å². The van der Waals surface area contributed by atoms with Crippen LogP contribution in [-0.2, 0) is 4.74 Å². The van der Waals surface area contributed by atoms with Crippen molar-refractivity contribution in [2.75, 3.05) is 18.0 Å². The highest BCUT2D eigenvalue weighted by Crippen LogP contribution is 2.25. The quantitative estimate of drug-likeness (QED) is 0.647. The van der Waals surface area contributed by atoms with Crippen molar-refractivity contribution in [3.8, 4) is 0 Å². The van der Waals surface area contributed by atoms with Crippen molar-refractivity contribution in [1.82, 2.24) is 9.88 Å². The standard InChI is InChI=1S/C23H28FN3O3S/c1-23(2,3)30-22(29)26-13-5-4-6-19(26)15-27(18-10-8-17(24)9-11-18)21(28)16-7-12-20(31)25-14-16/h7-12,14,19H,4-6,13,15H2,1-3H3,(H,25,31). The summed E-state index contributed by atoms with van der Waals surface area (Å²) < 4.78 is 19.6. The number of benzene rings is 1. The SMILES string of the molecule is CC(C)(C)OC(=O)N1CCCCC1CN(C(=O)c1ccc(=S)[nH]c1)c1ccc(F)cc1. The van der Waals surface area contributed by atoms with E-state index in [1.54, 1.807) is 40.3 Å². The summed E-state index contributed by atoms with van der Waals surface area (Å²) >= 11 is 5.07. The van der Waals surface area contributed by atoms with Gasteiger partial charge < -0.3 is 19.5 Å². The number of nitrogens with one attached hydrogen (secondary N) is 1. The van der Waals surface area contributed by atoms with E-state index < -0.39 is 5.60 Å². The van der Waals surface area contributed by atoms with E-state index in [4.69, 9.17) is 17.0 Å². The second-order valence-corrected chi connectivity index (χ2v) is 9.10. The van der Waals surface area contributed by atoms with Crippen molar-refractivity contribution < 1.29 is 18.7 Å². The number of H-pyrrole nitrogens is 1. The van der Waals surface area contributed by atoms with Crippen LogP contribution in [0.25, 0.3) is 0 Å². The van der Waals surface area contributed by atoms with Crippen molar-refractivity contribution in [2.24, 2.45) is 0 Å². The number of hydrogen-bond donors (Lipinski definition) is 1. The van der Waals surface area contributed by atoms with Gasteiger partial charge in [0.15, 0.2) is 0 Å². The molecule has 1 aromatic heterocycles. The molecule has 1 fully saturated rings. The van der Waals surface area contributed by atoms with E-state index in [9.17, 15) is 14.0 Å². The number of hydrogen-bond acceptors (Lipinski definition) is 4. The first-order valence-electron chi connectivity index (χ1n) is 10.4. The molecule has 1 saturated heterocycles. The van der Waals surface area contributed by atoms with Crippen LogP contribution in [0.15, 0.2) is 42.6 Å². The van der Waals surface area contributed by atoms with Gasteiger partial charge in [0, 0.05) is 25.0 Å². The first-order chi connectivity index (χ1) is 14.6. The molecule has 1 aromatic carbocycles. The third kappa shape index (κ3) is 6.13. The number of pyridine rings is 1. The van der Waals surface area contributed by atoms with E-state index in [1.807, 2.05) is 20.8 Å². The molecule has 8 heteroatoms. The normalized spacial score (nSPS) is 16.6. The van der Waals surface area contributed by atoms with Gasteiger partial charge in [0.2, 0.25) is 0 Å². The van der Waals surface area contributed by atoms with Crippen molar-refractivity contribution >= 4 is 29.9 Å². The summed E-state index contributed by atoms with van der Waals surface area (Å²) in [5.41, 5.74) is 0.383. The van der Waals surface area contributed by atoms with Crippen LogP contribution in [0.2, 0.25) is 0 Å². The van der Waals surface area contributed by atoms with Crippen LogP contribution in [0, 0.1) is 10.5 Å². The lowest BCUT2D eigenvalue weighted by Crippen LogP contribution is -2.52. The van der Waals surface area contributed by atoms with Gasteiger partial charge in [0.25, 0.3) is 5.91 Å². The zero-order valence-corrected chi connectivity index (χ0v) is 18.9. The summed E-state index contributed by atoms with van der Waals surface area (Å²) in [4.78, 5) is 32.3. The molecule has 0 aliphatic carbocycles. The monoisotopic (exact) mass is 445 g/mol. The molecule has 1 N–H and O–H groups in total. The van der Waals surface area contributed by atoms with Crippen LogP contribution < -0.4 is 4.90 Å². The number of rotatable bonds is 4. The van der Waals surface area contributed by atoms with Crippen molar-refractivity contribution in [3.05, 3.63) is 58.6 Å². The van der Waals surface area contributed by atoms with Gasteiger partial charge in [0.05, 0.1) is 11.6 Å². The number of likely N-dealkylation sites (tertiary alicyclic amines) is 1. The summed E-state index contributed by atoms with van der Waals surface area (Å²) in [7, 11) is 0. The van der Waals surface area contributed by atoms with Gasteiger partial charge in [-0.05, 0) is 76.4 Å². The molecule has 1 atom stereocenters. The van der Waals surface area contributed by atoms with E-state index in [2.05, 4.69) is 4.98 Å². The molecule has 0 radical (unpaired) electrons. The molecular weight excluding hydrogens is 417 g/mol. The number of nitrogens with zero attached hydrogens (tertiary/aromatic N) is 2. The molecule has 2 amide bonds. The molecule has 3 rings (SSSR count). The lowest BCUT2D eigenvalue weighted by molar-refractivity contribution is 0.0106. The average molecular weight is 446 g/mol. The molecule has 1 unspecified atom stereocenters.